The molecule has 1 N–H and O–H groups in total. The molecule has 0 spiro atoms. The maximum absolute atomic E-state index is 11.1. The van der Waals surface area contributed by atoms with Gasteiger partial charge >= 0.3 is 5.97 Å². The van der Waals surface area contributed by atoms with Crippen molar-refractivity contribution < 1.29 is 19.7 Å². The summed E-state index contributed by atoms with van der Waals surface area (Å²) < 4.78 is 0. The van der Waals surface area contributed by atoms with Crippen LogP contribution < -0.4 is 0 Å². The Labute approximate surface area is 104 Å². The topological polar surface area (TPSA) is 55.8 Å². The van der Waals surface area contributed by atoms with Crippen molar-refractivity contribution in [3.63, 3.8) is 0 Å². The summed E-state index contributed by atoms with van der Waals surface area (Å²) in [6.07, 6.45) is 4.08. The zero-order valence-corrected chi connectivity index (χ0v) is 11.4. The molecule has 0 aliphatic rings. The number of carboxylic acids is 1. The smallest absolute Gasteiger partial charge is 0.309 e. The minimum Gasteiger partial charge on any atom is -0.481 e. The summed E-state index contributed by atoms with van der Waals surface area (Å²) in [6, 6.07) is 0. The minimum atomic E-state index is -0.808. The standard InChI is InChI=1S/C13H26O4/c1-5-7-9-12(13(14)15)11(4)17-16-10(3)8-6-2/h10-12H,5-9H2,1-4H3,(H,14,15). The molecule has 4 nitrogen and oxygen atoms in total. The molecular weight excluding hydrogens is 220 g/mol. The summed E-state index contributed by atoms with van der Waals surface area (Å²) >= 11 is 0. The van der Waals surface area contributed by atoms with Gasteiger partial charge in [0.05, 0.1) is 12.0 Å². The molecule has 4 heteroatoms. The highest BCUT2D eigenvalue weighted by Crippen LogP contribution is 2.17. The van der Waals surface area contributed by atoms with Crippen LogP contribution in [-0.4, -0.2) is 23.3 Å². The maximum atomic E-state index is 11.1. The molecule has 0 radical (unpaired) electrons. The number of unbranched alkanes of at least 4 members (excludes halogenated alkanes) is 1. The highest BCUT2D eigenvalue weighted by molar-refractivity contribution is 5.70. The number of aliphatic carboxylic acids is 1. The van der Waals surface area contributed by atoms with Crippen LogP contribution in [0.1, 0.15) is 59.8 Å². The Kier molecular flexibility index (Phi) is 9.09. The molecule has 0 aliphatic carbocycles. The van der Waals surface area contributed by atoms with Crippen LogP contribution in [0.15, 0.2) is 0 Å². The maximum Gasteiger partial charge on any atom is 0.309 e. The van der Waals surface area contributed by atoms with Gasteiger partial charge < -0.3 is 5.11 Å². The summed E-state index contributed by atoms with van der Waals surface area (Å²) in [4.78, 5) is 21.5. The van der Waals surface area contributed by atoms with E-state index in [1.807, 2.05) is 13.8 Å². The zero-order chi connectivity index (χ0) is 13.3. The summed E-state index contributed by atoms with van der Waals surface area (Å²) in [7, 11) is 0. The van der Waals surface area contributed by atoms with E-state index in [0.29, 0.717) is 6.42 Å². The van der Waals surface area contributed by atoms with Gasteiger partial charge in [0.25, 0.3) is 0 Å². The van der Waals surface area contributed by atoms with Gasteiger partial charge in [0.2, 0.25) is 0 Å². The van der Waals surface area contributed by atoms with Crippen LogP contribution in [0.5, 0.6) is 0 Å². The van der Waals surface area contributed by atoms with Crippen molar-refractivity contribution in [2.45, 2.75) is 72.0 Å². The molecule has 0 aromatic heterocycles. The second-order valence-electron chi connectivity index (χ2n) is 4.58. The molecule has 17 heavy (non-hydrogen) atoms. The molecule has 0 saturated carbocycles. The molecule has 102 valence electrons. The average Bonchev–Trinajstić information content (AvgIpc) is 2.27. The third-order valence-corrected chi connectivity index (χ3v) is 2.82. The second-order valence-corrected chi connectivity index (χ2v) is 4.58. The lowest BCUT2D eigenvalue weighted by Gasteiger charge is -2.21. The molecule has 0 aromatic rings. The quantitative estimate of drug-likeness (QED) is 0.474. The fourth-order valence-corrected chi connectivity index (χ4v) is 1.69. The van der Waals surface area contributed by atoms with Crippen LogP contribution in [0.3, 0.4) is 0 Å². The largest absolute Gasteiger partial charge is 0.481 e. The van der Waals surface area contributed by atoms with Gasteiger partial charge in [-0.2, -0.15) is 0 Å². The first kappa shape index (κ1) is 16.4. The van der Waals surface area contributed by atoms with E-state index in [4.69, 9.17) is 14.9 Å². The van der Waals surface area contributed by atoms with Gasteiger partial charge in [-0.3, -0.25) is 4.79 Å². The van der Waals surface area contributed by atoms with Crippen molar-refractivity contribution in [1.82, 2.24) is 0 Å². The van der Waals surface area contributed by atoms with Crippen LogP contribution in [0.2, 0.25) is 0 Å². The first-order chi connectivity index (χ1) is 8.02. The van der Waals surface area contributed by atoms with Crippen molar-refractivity contribution >= 4 is 5.97 Å². The monoisotopic (exact) mass is 246 g/mol. The van der Waals surface area contributed by atoms with Crippen LogP contribution in [0.25, 0.3) is 0 Å². The summed E-state index contributed by atoms with van der Waals surface area (Å²) in [5, 5.41) is 9.10. The Balaban J connectivity index is 4.04. The number of hydrogen-bond donors (Lipinski definition) is 1. The lowest BCUT2D eigenvalue weighted by atomic mass is 9.97. The molecule has 3 unspecified atom stereocenters. The average molecular weight is 246 g/mol. The van der Waals surface area contributed by atoms with Gasteiger partial charge in [0.15, 0.2) is 0 Å². The second kappa shape index (κ2) is 9.42. The third-order valence-electron chi connectivity index (χ3n) is 2.82. The fourth-order valence-electron chi connectivity index (χ4n) is 1.69. The van der Waals surface area contributed by atoms with E-state index < -0.39 is 18.0 Å². The van der Waals surface area contributed by atoms with Gasteiger partial charge in [-0.05, 0) is 26.7 Å². The van der Waals surface area contributed by atoms with Crippen molar-refractivity contribution in [3.8, 4) is 0 Å². The molecule has 0 saturated heterocycles. The first-order valence-electron chi connectivity index (χ1n) is 6.57. The fraction of sp³-hybridized carbons (Fsp3) is 0.923. The summed E-state index contributed by atoms with van der Waals surface area (Å²) in [5.41, 5.74) is 0. The number of carboxylic acid groups (broad SMARTS) is 1. The van der Waals surface area contributed by atoms with Crippen molar-refractivity contribution in [3.05, 3.63) is 0 Å². The number of carbonyl (C=O) groups is 1. The highest BCUT2D eigenvalue weighted by atomic mass is 17.2. The Morgan fingerprint density at radius 3 is 2.24 bits per heavy atom. The molecule has 0 amide bonds. The molecule has 0 aromatic carbocycles. The van der Waals surface area contributed by atoms with Crippen molar-refractivity contribution in [2.75, 3.05) is 0 Å². The van der Waals surface area contributed by atoms with E-state index in [1.165, 1.54) is 0 Å². The van der Waals surface area contributed by atoms with Crippen LogP contribution in [0.4, 0.5) is 0 Å². The minimum absolute atomic E-state index is 0.0167. The molecule has 0 bridgehead atoms. The summed E-state index contributed by atoms with van der Waals surface area (Å²) in [5.74, 6) is -1.29. The Morgan fingerprint density at radius 1 is 1.12 bits per heavy atom. The molecule has 0 aliphatic heterocycles. The van der Waals surface area contributed by atoms with E-state index >= 15 is 0 Å². The number of hydrogen-bond acceptors (Lipinski definition) is 3. The Bertz CT molecular complexity index is 206. The third kappa shape index (κ3) is 7.34. The lowest BCUT2D eigenvalue weighted by molar-refractivity contribution is -0.352. The molecule has 3 atom stereocenters. The van der Waals surface area contributed by atoms with Crippen molar-refractivity contribution in [1.29, 1.82) is 0 Å². The normalized spacial score (nSPS) is 16.5. The number of rotatable bonds is 10. The van der Waals surface area contributed by atoms with Gasteiger partial charge in [0, 0.05) is 0 Å². The van der Waals surface area contributed by atoms with Crippen LogP contribution in [0, 0.1) is 5.92 Å². The van der Waals surface area contributed by atoms with Gasteiger partial charge in [-0.15, -0.1) is 0 Å². The van der Waals surface area contributed by atoms with Gasteiger partial charge in [-0.1, -0.05) is 33.1 Å². The van der Waals surface area contributed by atoms with E-state index in [2.05, 4.69) is 6.92 Å². The van der Waals surface area contributed by atoms with Crippen LogP contribution >= 0.6 is 0 Å². The first-order valence-corrected chi connectivity index (χ1v) is 6.57. The van der Waals surface area contributed by atoms with E-state index in [0.717, 1.165) is 25.7 Å². The molecular formula is C13H26O4. The van der Waals surface area contributed by atoms with Crippen molar-refractivity contribution in [2.24, 2.45) is 5.92 Å². The Morgan fingerprint density at radius 2 is 1.76 bits per heavy atom. The summed E-state index contributed by atoms with van der Waals surface area (Å²) in [6.45, 7) is 7.81. The van der Waals surface area contributed by atoms with E-state index in [9.17, 15) is 4.79 Å². The molecule has 0 rings (SSSR count). The molecule has 0 fully saturated rings. The highest BCUT2D eigenvalue weighted by Gasteiger charge is 2.26. The lowest BCUT2D eigenvalue weighted by Crippen LogP contribution is -2.29. The Hall–Kier alpha value is -0.610. The van der Waals surface area contributed by atoms with Crippen LogP contribution in [-0.2, 0) is 14.6 Å². The SMILES string of the molecule is CCCCC(C(=O)O)C(C)OOC(C)CCC. The van der Waals surface area contributed by atoms with E-state index in [1.54, 1.807) is 6.92 Å². The van der Waals surface area contributed by atoms with Gasteiger partial charge in [-0.25, -0.2) is 9.78 Å². The zero-order valence-electron chi connectivity index (χ0n) is 11.4. The predicted molar refractivity (Wildman–Crippen MR) is 66.7 cm³/mol. The molecule has 0 heterocycles. The van der Waals surface area contributed by atoms with E-state index in [-0.39, 0.29) is 6.10 Å². The van der Waals surface area contributed by atoms with Gasteiger partial charge in [0.1, 0.15) is 6.10 Å². The predicted octanol–water partition coefficient (Wildman–Crippen LogP) is 3.40.